The second-order valence-corrected chi connectivity index (χ2v) is 2.79. The molecule has 0 saturated heterocycles. The Morgan fingerprint density at radius 2 is 2.16 bits per heavy atom. The lowest BCUT2D eigenvalue weighted by molar-refractivity contribution is -0.637. The van der Waals surface area contributed by atoms with Crippen molar-refractivity contribution in [2.24, 2.45) is 15.5 Å². The third-order valence-corrected chi connectivity index (χ3v) is 1.58. The van der Waals surface area contributed by atoms with Crippen molar-refractivity contribution in [3.8, 4) is 11.9 Å². The zero-order valence-electron chi connectivity index (χ0n) is 9.70. The van der Waals surface area contributed by atoms with E-state index in [4.69, 9.17) is 10.00 Å². The minimum atomic E-state index is -1.04. The summed E-state index contributed by atoms with van der Waals surface area (Å²) < 4.78 is 5.11. The van der Waals surface area contributed by atoms with Gasteiger partial charge in [0.1, 0.15) is 23.1 Å². The van der Waals surface area contributed by atoms with E-state index in [0.717, 1.165) is 0 Å². The van der Waals surface area contributed by atoms with Crippen molar-refractivity contribution >= 4 is 6.02 Å². The topological polar surface area (TPSA) is 126 Å². The fourth-order valence-electron chi connectivity index (χ4n) is 0.907. The van der Waals surface area contributed by atoms with Crippen LogP contribution in [0.2, 0.25) is 0 Å². The number of hydrazine groups is 1. The largest absolute Gasteiger partial charge is 0.485 e. The van der Waals surface area contributed by atoms with Crippen LogP contribution in [0, 0.1) is 21.6 Å². The van der Waals surface area contributed by atoms with Gasteiger partial charge in [-0.1, -0.05) is 18.2 Å². The lowest BCUT2D eigenvalue weighted by Gasteiger charge is -2.00. The number of amidine groups is 1. The third-order valence-electron chi connectivity index (χ3n) is 1.58. The number of hydrogen-bond acceptors (Lipinski definition) is 7. The van der Waals surface area contributed by atoms with Crippen LogP contribution in [-0.4, -0.2) is 23.3 Å². The smallest absolute Gasteiger partial charge is 0.403 e. The average Bonchev–Trinajstić information content (AvgIpc) is 2.42. The maximum atomic E-state index is 10.4. The van der Waals surface area contributed by atoms with Crippen molar-refractivity contribution < 1.29 is 14.6 Å². The Balaban J connectivity index is 2.95. The fraction of sp³-hybridized carbons (Fsp3) is 0.111. The van der Waals surface area contributed by atoms with Crippen LogP contribution in [0.1, 0.15) is 0 Å². The first-order valence-corrected chi connectivity index (χ1v) is 4.77. The minimum Gasteiger partial charge on any atom is -0.403 e. The van der Waals surface area contributed by atoms with Gasteiger partial charge in [0.15, 0.2) is 0 Å². The van der Waals surface area contributed by atoms with Crippen LogP contribution in [0.4, 0.5) is 0 Å². The van der Waals surface area contributed by atoms with Crippen molar-refractivity contribution in [3.63, 3.8) is 0 Å². The molecule has 0 spiro atoms. The highest BCUT2D eigenvalue weighted by Crippen LogP contribution is 2.09. The normalized spacial score (nSPS) is 10.8. The van der Waals surface area contributed by atoms with Gasteiger partial charge in [-0.15, -0.1) is 0 Å². The van der Waals surface area contributed by atoms with E-state index in [2.05, 4.69) is 20.3 Å². The third kappa shape index (κ3) is 4.65. The number of hydrogen-bond donors (Lipinski definition) is 0. The van der Waals surface area contributed by atoms with E-state index in [-0.39, 0.29) is 5.12 Å². The first-order valence-electron chi connectivity index (χ1n) is 4.77. The Hall–Kier alpha value is -3.22. The molecule has 1 rings (SSSR count). The van der Waals surface area contributed by atoms with Crippen molar-refractivity contribution in [1.29, 1.82) is 5.26 Å². The van der Waals surface area contributed by atoms with Gasteiger partial charge in [0, 0.05) is 5.28 Å². The molecule has 0 unspecified atom stereocenters. The van der Waals surface area contributed by atoms with Crippen LogP contribution in [-0.2, 0) is 4.84 Å². The number of ether oxygens (including phenoxy) is 1. The fourth-order valence-corrected chi connectivity index (χ4v) is 0.907. The Morgan fingerprint density at radius 3 is 2.68 bits per heavy atom. The van der Waals surface area contributed by atoms with Crippen molar-refractivity contribution in [1.82, 2.24) is 5.12 Å². The second-order valence-electron chi connectivity index (χ2n) is 2.79. The van der Waals surface area contributed by atoms with Crippen LogP contribution in [0.15, 0.2) is 45.8 Å². The van der Waals surface area contributed by atoms with Crippen LogP contribution < -0.4 is 4.74 Å². The highest BCUT2D eigenvalue weighted by Gasteiger charge is 2.18. The molecule has 1 aromatic carbocycles. The SMILES string of the molecule is CON=NC(=NN(C#N)[N+](=O)[O-])Oc1ccccc1. The van der Waals surface area contributed by atoms with E-state index in [1.165, 1.54) is 13.3 Å². The molecule has 0 fully saturated rings. The molecule has 0 radical (unpaired) electrons. The minimum absolute atomic E-state index is 0.118. The number of rotatable bonds is 4. The van der Waals surface area contributed by atoms with E-state index in [1.54, 1.807) is 30.3 Å². The van der Waals surface area contributed by atoms with Crippen molar-refractivity contribution in [2.45, 2.75) is 0 Å². The molecule has 0 aliphatic heterocycles. The summed E-state index contributed by atoms with van der Waals surface area (Å²) in [6.45, 7) is 0. The van der Waals surface area contributed by atoms with Gasteiger partial charge in [0.05, 0.1) is 5.03 Å². The first kappa shape index (κ1) is 13.8. The molecule has 0 bridgehead atoms. The van der Waals surface area contributed by atoms with Gasteiger partial charge in [-0.2, -0.15) is 5.26 Å². The Bertz CT molecular complexity index is 523. The van der Waals surface area contributed by atoms with E-state index in [9.17, 15) is 10.1 Å². The van der Waals surface area contributed by atoms with Gasteiger partial charge in [-0.05, 0) is 17.2 Å². The molecule has 19 heavy (non-hydrogen) atoms. The summed E-state index contributed by atoms with van der Waals surface area (Å²) in [4.78, 5) is 14.7. The second kappa shape index (κ2) is 7.17. The van der Waals surface area contributed by atoms with E-state index >= 15 is 0 Å². The molecule has 0 aliphatic rings. The average molecular weight is 264 g/mol. The maximum absolute atomic E-state index is 10.4. The van der Waals surface area contributed by atoms with Gasteiger partial charge in [0.2, 0.25) is 0 Å². The predicted octanol–water partition coefficient (Wildman–Crippen LogP) is 1.32. The van der Waals surface area contributed by atoms with Gasteiger partial charge in [-0.25, -0.2) is 0 Å². The molecule has 10 heteroatoms. The molecular formula is C9H8N6O4. The summed E-state index contributed by atoms with van der Waals surface area (Å²) in [6.07, 6.45) is 1.22. The Labute approximate surface area is 107 Å². The highest BCUT2D eigenvalue weighted by molar-refractivity contribution is 5.76. The molecule has 1 aromatic rings. The number of nitro groups is 1. The van der Waals surface area contributed by atoms with Gasteiger partial charge < -0.3 is 19.7 Å². The lowest BCUT2D eigenvalue weighted by atomic mass is 10.3. The number of nitriles is 1. The molecule has 0 saturated carbocycles. The number of para-hydroxylation sites is 1. The maximum Gasteiger partial charge on any atom is 0.485 e. The summed E-state index contributed by atoms with van der Waals surface area (Å²) in [7, 11) is 1.22. The van der Waals surface area contributed by atoms with Crippen LogP contribution in [0.25, 0.3) is 0 Å². The number of hydrazone groups is 1. The summed E-state index contributed by atoms with van der Waals surface area (Å²) >= 11 is 0. The molecule has 0 amide bonds. The molecule has 0 aliphatic carbocycles. The van der Waals surface area contributed by atoms with E-state index in [0.29, 0.717) is 5.75 Å². The zero-order chi connectivity index (χ0) is 14.1. The van der Waals surface area contributed by atoms with Gasteiger partial charge in [-0.3, -0.25) is 0 Å². The highest BCUT2D eigenvalue weighted by atomic mass is 16.7. The van der Waals surface area contributed by atoms with E-state index in [1.807, 2.05) is 0 Å². The van der Waals surface area contributed by atoms with Crippen LogP contribution in [0.5, 0.6) is 5.75 Å². The standard InChI is InChI=1S/C9H8N6O4/c1-18-13-11-9(12-14(7-10)15(16)17)19-8-5-3-2-4-6-8/h2-6H,1H3. The molecule has 0 atom stereocenters. The van der Waals surface area contributed by atoms with Crippen molar-refractivity contribution in [3.05, 3.63) is 40.4 Å². The Kier molecular flexibility index (Phi) is 5.23. The molecular weight excluding hydrogens is 256 g/mol. The summed E-state index contributed by atoms with van der Waals surface area (Å²) in [5.74, 6) is 0.317. The number of nitrogens with zero attached hydrogens (tertiary/aromatic N) is 6. The predicted molar refractivity (Wildman–Crippen MR) is 60.8 cm³/mol. The Morgan fingerprint density at radius 1 is 1.47 bits per heavy atom. The molecule has 0 aromatic heterocycles. The van der Waals surface area contributed by atoms with Gasteiger partial charge >= 0.3 is 6.02 Å². The summed E-state index contributed by atoms with van der Waals surface area (Å²) in [5.41, 5.74) is 0. The lowest BCUT2D eigenvalue weighted by Crippen LogP contribution is -2.22. The number of benzene rings is 1. The van der Waals surface area contributed by atoms with Crippen LogP contribution in [0.3, 0.4) is 0 Å². The quantitative estimate of drug-likeness (QED) is 0.153. The van der Waals surface area contributed by atoms with Crippen LogP contribution >= 0.6 is 0 Å². The zero-order valence-corrected chi connectivity index (χ0v) is 9.70. The van der Waals surface area contributed by atoms with Crippen molar-refractivity contribution in [2.75, 3.05) is 7.11 Å². The molecule has 0 heterocycles. The van der Waals surface area contributed by atoms with Gasteiger partial charge in [0.25, 0.3) is 6.19 Å². The van der Waals surface area contributed by atoms with E-state index < -0.39 is 11.1 Å². The molecule has 0 N–H and O–H groups in total. The summed E-state index contributed by atoms with van der Waals surface area (Å²) in [5, 5.41) is 27.5. The molecule has 10 nitrogen and oxygen atoms in total. The molecule has 98 valence electrons. The monoisotopic (exact) mass is 264 g/mol. The first-order chi connectivity index (χ1) is 9.17. The summed E-state index contributed by atoms with van der Waals surface area (Å²) in [6, 6.07) is 7.72.